The van der Waals surface area contributed by atoms with Crippen molar-refractivity contribution in [3.05, 3.63) is 23.9 Å². The number of hydrogen-bond acceptors (Lipinski definition) is 3. The van der Waals surface area contributed by atoms with Crippen molar-refractivity contribution in [2.24, 2.45) is 5.73 Å². The molecule has 15 heavy (non-hydrogen) atoms. The number of carbonyl (C=O) groups excluding carboxylic acids is 1. The predicted octanol–water partition coefficient (Wildman–Crippen LogP) is 0.710. The van der Waals surface area contributed by atoms with E-state index in [1.807, 2.05) is 12.1 Å². The average molecular weight is 205 g/mol. The van der Waals surface area contributed by atoms with Crippen LogP contribution in [0.1, 0.15) is 18.4 Å². The van der Waals surface area contributed by atoms with Gasteiger partial charge in [-0.3, -0.25) is 4.79 Å². The Kier molecular flexibility index (Phi) is 2.85. The highest BCUT2D eigenvalue weighted by molar-refractivity contribution is 5.76. The number of pyridine rings is 1. The van der Waals surface area contributed by atoms with Gasteiger partial charge in [-0.25, -0.2) is 4.98 Å². The first-order valence-corrected chi connectivity index (χ1v) is 5.24. The van der Waals surface area contributed by atoms with E-state index in [0.717, 1.165) is 24.5 Å². The number of amides is 1. The van der Waals surface area contributed by atoms with Crippen LogP contribution < -0.4 is 10.6 Å². The molecule has 0 radical (unpaired) electrons. The van der Waals surface area contributed by atoms with Crippen LogP contribution in [0.3, 0.4) is 0 Å². The molecule has 1 aromatic rings. The molecule has 1 fully saturated rings. The number of rotatable bonds is 3. The Morgan fingerprint density at radius 3 is 2.67 bits per heavy atom. The normalized spacial score (nSPS) is 15.6. The molecule has 80 valence electrons. The zero-order chi connectivity index (χ0) is 10.7. The largest absolute Gasteiger partial charge is 0.369 e. The summed E-state index contributed by atoms with van der Waals surface area (Å²) in [5.74, 6) is 0.687. The Bertz CT molecular complexity index is 341. The summed E-state index contributed by atoms with van der Waals surface area (Å²) < 4.78 is 0. The molecule has 1 aromatic heterocycles. The minimum Gasteiger partial charge on any atom is -0.369 e. The number of anilines is 1. The van der Waals surface area contributed by atoms with Crippen LogP contribution in [0.25, 0.3) is 0 Å². The van der Waals surface area contributed by atoms with Crippen LogP contribution in [-0.2, 0) is 11.2 Å². The molecule has 0 unspecified atom stereocenters. The molecule has 1 amide bonds. The molecule has 4 heteroatoms. The van der Waals surface area contributed by atoms with E-state index in [1.54, 1.807) is 6.20 Å². The van der Waals surface area contributed by atoms with Gasteiger partial charge >= 0.3 is 0 Å². The van der Waals surface area contributed by atoms with Gasteiger partial charge in [0.25, 0.3) is 0 Å². The number of carbonyl (C=O) groups is 1. The second kappa shape index (κ2) is 4.29. The quantitative estimate of drug-likeness (QED) is 0.790. The summed E-state index contributed by atoms with van der Waals surface area (Å²) in [6.07, 6.45) is 4.49. The third-order valence-electron chi connectivity index (χ3n) is 2.62. The van der Waals surface area contributed by atoms with Gasteiger partial charge < -0.3 is 10.6 Å². The lowest BCUT2D eigenvalue weighted by molar-refractivity contribution is -0.117. The Labute approximate surface area is 89.1 Å². The SMILES string of the molecule is NC(=O)Cc1ccc(N2CCCC2)nc1. The van der Waals surface area contributed by atoms with E-state index in [9.17, 15) is 4.79 Å². The molecule has 0 spiro atoms. The Morgan fingerprint density at radius 2 is 2.13 bits per heavy atom. The first-order valence-electron chi connectivity index (χ1n) is 5.24. The predicted molar refractivity (Wildman–Crippen MR) is 58.6 cm³/mol. The molecular weight excluding hydrogens is 190 g/mol. The van der Waals surface area contributed by atoms with Crippen LogP contribution in [0, 0.1) is 0 Å². The van der Waals surface area contributed by atoms with E-state index < -0.39 is 0 Å². The molecule has 0 saturated carbocycles. The average Bonchev–Trinajstić information content (AvgIpc) is 2.71. The van der Waals surface area contributed by atoms with Crippen molar-refractivity contribution in [1.29, 1.82) is 0 Å². The monoisotopic (exact) mass is 205 g/mol. The van der Waals surface area contributed by atoms with Gasteiger partial charge in [-0.15, -0.1) is 0 Å². The van der Waals surface area contributed by atoms with Gasteiger partial charge in [-0.1, -0.05) is 6.07 Å². The van der Waals surface area contributed by atoms with E-state index in [0.29, 0.717) is 0 Å². The molecule has 0 aromatic carbocycles. The maximum absolute atomic E-state index is 10.7. The second-order valence-corrected chi connectivity index (χ2v) is 3.86. The van der Waals surface area contributed by atoms with Crippen molar-refractivity contribution >= 4 is 11.7 Å². The first-order chi connectivity index (χ1) is 7.25. The lowest BCUT2D eigenvalue weighted by atomic mass is 10.2. The fraction of sp³-hybridized carbons (Fsp3) is 0.455. The molecule has 1 saturated heterocycles. The molecule has 0 atom stereocenters. The Balaban J connectivity index is 2.06. The molecule has 1 aliphatic heterocycles. The highest BCUT2D eigenvalue weighted by Gasteiger charge is 2.12. The maximum atomic E-state index is 10.7. The number of primary amides is 1. The summed E-state index contributed by atoms with van der Waals surface area (Å²) in [6.45, 7) is 2.17. The minimum atomic E-state index is -0.314. The third kappa shape index (κ3) is 2.46. The summed E-state index contributed by atoms with van der Waals surface area (Å²) in [4.78, 5) is 17.3. The van der Waals surface area contributed by atoms with Crippen molar-refractivity contribution in [2.45, 2.75) is 19.3 Å². The van der Waals surface area contributed by atoms with Crippen LogP contribution in [-0.4, -0.2) is 24.0 Å². The van der Waals surface area contributed by atoms with Crippen molar-refractivity contribution in [1.82, 2.24) is 4.98 Å². The van der Waals surface area contributed by atoms with E-state index in [-0.39, 0.29) is 12.3 Å². The van der Waals surface area contributed by atoms with Gasteiger partial charge in [0.1, 0.15) is 5.82 Å². The van der Waals surface area contributed by atoms with Crippen molar-refractivity contribution in [3.8, 4) is 0 Å². The Morgan fingerprint density at radius 1 is 1.40 bits per heavy atom. The first kappa shape index (κ1) is 9.96. The fourth-order valence-electron chi connectivity index (χ4n) is 1.86. The van der Waals surface area contributed by atoms with Gasteiger partial charge in [0.05, 0.1) is 6.42 Å². The van der Waals surface area contributed by atoms with Crippen LogP contribution in [0.2, 0.25) is 0 Å². The smallest absolute Gasteiger partial charge is 0.221 e. The highest BCUT2D eigenvalue weighted by Crippen LogP contribution is 2.17. The van der Waals surface area contributed by atoms with Crippen LogP contribution in [0.15, 0.2) is 18.3 Å². The number of aromatic nitrogens is 1. The summed E-state index contributed by atoms with van der Waals surface area (Å²) >= 11 is 0. The van der Waals surface area contributed by atoms with Crippen molar-refractivity contribution in [2.75, 3.05) is 18.0 Å². The lowest BCUT2D eigenvalue weighted by Gasteiger charge is -2.15. The van der Waals surface area contributed by atoms with Crippen LogP contribution in [0.5, 0.6) is 0 Å². The van der Waals surface area contributed by atoms with Gasteiger partial charge in [-0.2, -0.15) is 0 Å². The highest BCUT2D eigenvalue weighted by atomic mass is 16.1. The topological polar surface area (TPSA) is 59.2 Å². The van der Waals surface area contributed by atoms with E-state index >= 15 is 0 Å². The van der Waals surface area contributed by atoms with Crippen LogP contribution >= 0.6 is 0 Å². The summed E-state index contributed by atoms with van der Waals surface area (Å²) in [6, 6.07) is 3.88. The van der Waals surface area contributed by atoms with E-state index in [1.165, 1.54) is 12.8 Å². The molecule has 1 aliphatic rings. The number of nitrogens with two attached hydrogens (primary N) is 1. The van der Waals surface area contributed by atoms with Crippen molar-refractivity contribution in [3.63, 3.8) is 0 Å². The molecule has 2 heterocycles. The third-order valence-corrected chi connectivity index (χ3v) is 2.62. The fourth-order valence-corrected chi connectivity index (χ4v) is 1.86. The molecule has 0 aliphatic carbocycles. The number of hydrogen-bond donors (Lipinski definition) is 1. The zero-order valence-electron chi connectivity index (χ0n) is 8.65. The maximum Gasteiger partial charge on any atom is 0.221 e. The molecule has 0 bridgehead atoms. The second-order valence-electron chi connectivity index (χ2n) is 3.86. The van der Waals surface area contributed by atoms with Crippen LogP contribution in [0.4, 0.5) is 5.82 Å². The molecule has 2 rings (SSSR count). The number of nitrogens with zero attached hydrogens (tertiary/aromatic N) is 2. The standard InChI is InChI=1S/C11H15N3O/c12-10(15)7-9-3-4-11(13-8-9)14-5-1-2-6-14/h3-4,8H,1-2,5-7H2,(H2,12,15). The molecule has 2 N–H and O–H groups in total. The van der Waals surface area contributed by atoms with Gasteiger partial charge in [0.15, 0.2) is 0 Å². The summed E-state index contributed by atoms with van der Waals surface area (Å²) in [7, 11) is 0. The minimum absolute atomic E-state index is 0.271. The van der Waals surface area contributed by atoms with E-state index in [2.05, 4.69) is 9.88 Å². The van der Waals surface area contributed by atoms with Gasteiger partial charge in [0, 0.05) is 19.3 Å². The Hall–Kier alpha value is -1.58. The lowest BCUT2D eigenvalue weighted by Crippen LogP contribution is -2.19. The van der Waals surface area contributed by atoms with Crippen molar-refractivity contribution < 1.29 is 4.79 Å². The van der Waals surface area contributed by atoms with Gasteiger partial charge in [0.2, 0.25) is 5.91 Å². The summed E-state index contributed by atoms with van der Waals surface area (Å²) in [5, 5.41) is 0. The zero-order valence-corrected chi connectivity index (χ0v) is 8.65. The molecular formula is C11H15N3O. The van der Waals surface area contributed by atoms with Gasteiger partial charge in [-0.05, 0) is 24.5 Å². The summed E-state index contributed by atoms with van der Waals surface area (Å²) in [5.41, 5.74) is 5.99. The molecule has 4 nitrogen and oxygen atoms in total. The van der Waals surface area contributed by atoms with E-state index in [4.69, 9.17) is 5.73 Å².